The highest BCUT2D eigenvalue weighted by Gasteiger charge is 2.50. The van der Waals surface area contributed by atoms with Gasteiger partial charge in [0.2, 0.25) is 17.3 Å². The zero-order valence-electron chi connectivity index (χ0n) is 48.1. The van der Waals surface area contributed by atoms with Crippen molar-refractivity contribution in [1.82, 2.24) is 16.0 Å². The van der Waals surface area contributed by atoms with Gasteiger partial charge in [-0.2, -0.15) is 39.5 Å². The van der Waals surface area contributed by atoms with Gasteiger partial charge in [-0.25, -0.2) is 26.3 Å². The minimum atomic E-state index is -4.66. The number of nitrogens with zero attached hydrogens (tertiary/aromatic N) is 3. The smallest absolute Gasteiger partial charge is 0.416 e. The van der Waals surface area contributed by atoms with Gasteiger partial charge in [-0.15, -0.1) is 0 Å². The van der Waals surface area contributed by atoms with Crippen LogP contribution in [0.4, 0.5) is 82.9 Å². The third-order valence-corrected chi connectivity index (χ3v) is 15.7. The molecule has 0 radical (unpaired) electrons. The minimum absolute atomic E-state index is 0.00578. The number of alkyl halides is 15. The number of carbonyl (C=O) groups is 3. The zero-order valence-corrected chi connectivity index (χ0v) is 48.1. The lowest BCUT2D eigenvalue weighted by atomic mass is 10.1. The molecule has 3 fully saturated rings. The van der Waals surface area contributed by atoms with Crippen LogP contribution in [0.15, 0.2) is 67.8 Å². The number of amides is 3. The Balaban J connectivity index is 0.000000153. The highest BCUT2D eigenvalue weighted by atomic mass is 19.4. The van der Waals surface area contributed by atoms with Crippen molar-refractivity contribution >= 4 is 67.7 Å². The molecule has 93 heavy (non-hydrogen) atoms. The van der Waals surface area contributed by atoms with Crippen molar-refractivity contribution in [2.45, 2.75) is 72.9 Å². The third kappa shape index (κ3) is 15.0. The molecule has 0 aliphatic carbocycles. The van der Waals surface area contributed by atoms with Crippen molar-refractivity contribution in [2.24, 2.45) is 0 Å². The number of carbonyl (C=O) groups excluding carboxylic acids is 3. The summed E-state index contributed by atoms with van der Waals surface area (Å²) in [5.74, 6) is -13.5. The monoisotopic (exact) mass is 1350 g/mol. The van der Waals surface area contributed by atoms with Gasteiger partial charge in [0.1, 0.15) is 53.4 Å². The summed E-state index contributed by atoms with van der Waals surface area (Å²) in [6, 6.07) is 7.93. The van der Waals surface area contributed by atoms with Crippen molar-refractivity contribution in [3.8, 4) is 0 Å². The molecule has 6 aliphatic rings. The summed E-state index contributed by atoms with van der Waals surface area (Å²) in [6.07, 6.45) is -20.9. The Morgan fingerprint density at radius 1 is 0.387 bits per heavy atom. The number of furan rings is 3. The predicted molar refractivity (Wildman–Crippen MR) is 292 cm³/mol. The topological polar surface area (TPSA) is 253 Å². The second kappa shape index (κ2) is 26.8. The molecule has 510 valence electrons. The van der Waals surface area contributed by atoms with Crippen LogP contribution in [0.3, 0.4) is 0 Å². The minimum Gasteiger partial charge on any atom is -0.449 e. The van der Waals surface area contributed by atoms with Crippen LogP contribution < -0.4 is 30.7 Å². The maximum atomic E-state index is 15.0. The third-order valence-electron chi connectivity index (χ3n) is 15.7. The number of benzene rings is 3. The quantitative estimate of drug-likeness (QED) is 0.0661. The van der Waals surface area contributed by atoms with Crippen LogP contribution in [0, 0.1) is 0 Å². The summed E-state index contributed by atoms with van der Waals surface area (Å²) in [5, 5.41) is 34.3. The standard InChI is InChI=1S/3C19H19F5N2O5/c3*20-18(21,14-8-29-11(6-27)7-30-14)9-26-4-3-25-17(28)16-15(26)12-5-10(19(22,23)24)1-2-13(12)31-16/h3*1-2,5,11,14,27H,3-4,6-9H2,(H,25,28)/t2*11-,14-;/m10./s1. The highest BCUT2D eigenvalue weighted by Crippen LogP contribution is 2.45. The highest BCUT2D eigenvalue weighted by molar-refractivity contribution is 6.09. The molecular formula is C57H57F15N6O15. The van der Waals surface area contributed by atoms with Crippen molar-refractivity contribution < 1.29 is 137 Å². The summed E-state index contributed by atoms with van der Waals surface area (Å²) in [6.45, 7) is -6.18. The number of fused-ring (bicyclic) bond motifs is 9. The summed E-state index contributed by atoms with van der Waals surface area (Å²) in [7, 11) is 0. The van der Waals surface area contributed by atoms with Crippen LogP contribution in [0.25, 0.3) is 32.9 Å². The molecule has 36 heteroatoms. The van der Waals surface area contributed by atoms with Crippen molar-refractivity contribution in [2.75, 3.05) is 133 Å². The molecule has 3 aromatic heterocycles. The normalized spacial score (nSPS) is 22.9. The van der Waals surface area contributed by atoms with Gasteiger partial charge in [0.05, 0.1) is 113 Å². The molecule has 6 aromatic rings. The Labute approximate surface area is 514 Å². The van der Waals surface area contributed by atoms with Crippen LogP contribution in [0.5, 0.6) is 0 Å². The first-order valence-electron chi connectivity index (χ1n) is 28.5. The van der Waals surface area contributed by atoms with E-state index in [0.29, 0.717) is 0 Å². The Kier molecular flexibility index (Phi) is 19.8. The average Bonchev–Trinajstić information content (AvgIpc) is 1.63. The Morgan fingerprint density at radius 3 is 0.860 bits per heavy atom. The molecule has 0 bridgehead atoms. The number of rotatable bonds is 12. The van der Waals surface area contributed by atoms with Gasteiger partial charge in [0.25, 0.3) is 35.5 Å². The molecular weight excluding hydrogens is 1290 g/mol. The van der Waals surface area contributed by atoms with E-state index in [2.05, 4.69) is 16.0 Å². The lowest BCUT2D eigenvalue weighted by molar-refractivity contribution is -0.216. The van der Waals surface area contributed by atoms with E-state index in [0.717, 1.165) is 69.3 Å². The van der Waals surface area contributed by atoms with Gasteiger partial charge >= 0.3 is 18.5 Å². The first-order valence-corrected chi connectivity index (χ1v) is 28.5. The Bertz CT molecular complexity index is 3280. The van der Waals surface area contributed by atoms with Gasteiger partial charge in [0, 0.05) is 55.4 Å². The van der Waals surface area contributed by atoms with Crippen LogP contribution in [0.2, 0.25) is 0 Å². The number of aliphatic hydroxyl groups is 3. The van der Waals surface area contributed by atoms with Crippen molar-refractivity contribution in [3.63, 3.8) is 0 Å². The van der Waals surface area contributed by atoms with Gasteiger partial charge in [-0.3, -0.25) is 14.4 Å². The summed E-state index contributed by atoms with van der Waals surface area (Å²) < 4.78 is 256. The van der Waals surface area contributed by atoms with Gasteiger partial charge < -0.3 is 87.6 Å². The fourth-order valence-corrected chi connectivity index (χ4v) is 10.9. The lowest BCUT2D eigenvalue weighted by Gasteiger charge is -2.36. The Morgan fingerprint density at radius 2 is 0.645 bits per heavy atom. The van der Waals surface area contributed by atoms with Gasteiger partial charge in [-0.05, 0) is 54.6 Å². The molecule has 21 nitrogen and oxygen atoms in total. The largest absolute Gasteiger partial charge is 0.449 e. The lowest BCUT2D eigenvalue weighted by Crippen LogP contribution is -2.52. The number of hydrogen-bond donors (Lipinski definition) is 6. The van der Waals surface area contributed by atoms with E-state index in [1.165, 1.54) is 0 Å². The zero-order chi connectivity index (χ0) is 67.2. The molecule has 3 amide bonds. The number of ether oxygens (including phenoxy) is 6. The first-order chi connectivity index (χ1) is 43.8. The molecule has 12 rings (SSSR count). The molecule has 0 spiro atoms. The maximum absolute atomic E-state index is 15.0. The van der Waals surface area contributed by atoms with Crippen molar-refractivity contribution in [1.29, 1.82) is 0 Å². The fraction of sp³-hybridized carbons (Fsp3) is 0.526. The van der Waals surface area contributed by atoms with Crippen LogP contribution in [-0.2, 0) is 47.0 Å². The van der Waals surface area contributed by atoms with E-state index >= 15 is 0 Å². The fourth-order valence-electron chi connectivity index (χ4n) is 10.9. The number of aliphatic hydroxyl groups excluding tert-OH is 3. The molecule has 3 aromatic carbocycles. The average molecular weight is 1350 g/mol. The Hall–Kier alpha value is -7.32. The van der Waals surface area contributed by atoms with Gasteiger partial charge in [-0.1, -0.05) is 0 Å². The van der Waals surface area contributed by atoms with E-state index in [9.17, 15) is 80.2 Å². The van der Waals surface area contributed by atoms with Crippen LogP contribution in [-0.4, -0.2) is 206 Å². The second-order valence-electron chi connectivity index (χ2n) is 22.2. The van der Waals surface area contributed by atoms with E-state index < -0.39 is 147 Å². The summed E-state index contributed by atoms with van der Waals surface area (Å²) >= 11 is 0. The SMILES string of the molecule is O=C1NCCN(CC(F)(F)C2COC(CO)CO2)c2c1oc1ccc(C(F)(F)F)cc21.O=C1NCCN(CC(F)(F)[C@@H]2CO[C@@H](CO)CO2)c2c1oc1ccc(C(F)(F)F)cc21.O=C1NCCN(CC(F)(F)[C@H]2CO[C@H](CO)CO2)c2c1oc1ccc(C(F)(F)F)cc21. The van der Waals surface area contributed by atoms with Crippen molar-refractivity contribution in [3.05, 3.63) is 88.6 Å². The molecule has 2 unspecified atom stereocenters. The number of anilines is 3. The van der Waals surface area contributed by atoms with E-state index in [1.807, 2.05) is 0 Å². The summed E-state index contributed by atoms with van der Waals surface area (Å²) in [4.78, 5) is 40.4. The molecule has 6 atom stereocenters. The van der Waals surface area contributed by atoms with Crippen LogP contribution >= 0.6 is 0 Å². The van der Waals surface area contributed by atoms with Gasteiger partial charge in [0.15, 0.2) is 0 Å². The van der Waals surface area contributed by atoms with Crippen LogP contribution in [0.1, 0.15) is 48.4 Å². The second-order valence-corrected chi connectivity index (χ2v) is 22.2. The van der Waals surface area contributed by atoms with E-state index in [4.69, 9.17) is 57.0 Å². The predicted octanol–water partition coefficient (Wildman–Crippen LogP) is 7.24. The number of halogens is 15. The molecule has 3 saturated heterocycles. The summed E-state index contributed by atoms with van der Waals surface area (Å²) in [5.41, 5.74) is -3.40. The van der Waals surface area contributed by atoms with E-state index in [1.54, 1.807) is 0 Å². The number of nitrogens with one attached hydrogen (secondary N) is 3. The molecule has 6 N–H and O–H groups in total. The van der Waals surface area contributed by atoms with E-state index in [-0.39, 0.29) is 146 Å². The molecule has 6 aliphatic heterocycles. The molecule has 9 heterocycles. The maximum Gasteiger partial charge on any atom is 0.416 e. The number of hydrogen-bond acceptors (Lipinski definition) is 18. The molecule has 0 saturated carbocycles. The first kappa shape index (κ1) is 68.5.